The fraction of sp³-hybridized carbons (Fsp3) is 0.269. The van der Waals surface area contributed by atoms with Crippen molar-refractivity contribution in [3.05, 3.63) is 53.5 Å². The van der Waals surface area contributed by atoms with E-state index in [2.05, 4.69) is 26.8 Å². The second-order valence-electron chi connectivity index (χ2n) is 7.98. The van der Waals surface area contributed by atoms with Gasteiger partial charge in [-0.15, -0.1) is 0 Å². The van der Waals surface area contributed by atoms with Crippen LogP contribution in [-0.2, 0) is 0 Å². The number of amides is 1. The number of methoxy groups -OCH3 is 1. The molecule has 1 aliphatic carbocycles. The van der Waals surface area contributed by atoms with E-state index in [1.807, 2.05) is 0 Å². The first-order valence-electron chi connectivity index (χ1n) is 11.4. The van der Waals surface area contributed by atoms with Crippen LogP contribution in [0.15, 0.2) is 46.6 Å². The van der Waals surface area contributed by atoms with Gasteiger partial charge in [-0.2, -0.15) is 4.99 Å². The number of ether oxygens (including phenoxy) is 1. The maximum atomic E-state index is 13.5. The predicted octanol–water partition coefficient (Wildman–Crippen LogP) is 3.64. The van der Waals surface area contributed by atoms with Crippen molar-refractivity contribution in [3.63, 3.8) is 0 Å². The van der Waals surface area contributed by atoms with Gasteiger partial charge in [-0.25, -0.2) is 8.78 Å². The van der Waals surface area contributed by atoms with Crippen molar-refractivity contribution < 1.29 is 23.4 Å². The van der Waals surface area contributed by atoms with Crippen molar-refractivity contribution in [3.8, 4) is 28.7 Å². The number of aliphatic hydroxyl groups is 1. The number of halogens is 2. The van der Waals surface area contributed by atoms with E-state index in [1.54, 1.807) is 12.1 Å². The maximum absolute atomic E-state index is 13.5. The maximum Gasteiger partial charge on any atom is 0.280 e. The van der Waals surface area contributed by atoms with E-state index in [0.29, 0.717) is 17.1 Å². The molecule has 3 rings (SSSR count). The van der Waals surface area contributed by atoms with Crippen LogP contribution in [-0.4, -0.2) is 52.7 Å². The third-order valence-corrected chi connectivity index (χ3v) is 5.84. The van der Waals surface area contributed by atoms with Gasteiger partial charge < -0.3 is 21.3 Å². The SMILES string of the molecule is COc1cnc(C(F)F)cc1-c1cc(/C(C=NCCO)=C/N)ccc1C(=O)N=C(N)SC(=N)C#CC1CC1. The Morgan fingerprint density at radius 1 is 1.37 bits per heavy atom. The number of hydrogen-bond acceptors (Lipinski definition) is 8. The molecule has 1 amide bonds. The Morgan fingerprint density at radius 2 is 2.13 bits per heavy atom. The number of benzene rings is 1. The van der Waals surface area contributed by atoms with E-state index < -0.39 is 18.0 Å². The van der Waals surface area contributed by atoms with Crippen LogP contribution in [0.25, 0.3) is 16.7 Å². The molecule has 0 atom stereocenters. The molecule has 1 heterocycles. The summed E-state index contributed by atoms with van der Waals surface area (Å²) in [6, 6.07) is 5.74. The average Bonchev–Trinajstić information content (AvgIpc) is 3.74. The molecule has 2 aromatic rings. The first-order valence-corrected chi connectivity index (χ1v) is 12.2. The Balaban J connectivity index is 2.07. The Hall–Kier alpha value is -4.08. The van der Waals surface area contributed by atoms with Crippen LogP contribution in [0, 0.1) is 23.2 Å². The van der Waals surface area contributed by atoms with E-state index in [1.165, 1.54) is 25.6 Å². The number of nitrogens with zero attached hydrogens (tertiary/aromatic N) is 3. The molecular formula is C26H26F2N6O3S. The number of aromatic nitrogens is 1. The van der Waals surface area contributed by atoms with Gasteiger partial charge in [0.05, 0.1) is 26.5 Å². The molecule has 1 saturated carbocycles. The second-order valence-corrected chi connectivity index (χ2v) is 9.01. The minimum atomic E-state index is -2.86. The van der Waals surface area contributed by atoms with Gasteiger partial charge in [0.15, 0.2) is 5.17 Å². The number of carbonyl (C=O) groups excluding carboxylic acids is 1. The topological polar surface area (TPSA) is 160 Å². The number of aliphatic hydroxyl groups excluding tert-OH is 1. The van der Waals surface area contributed by atoms with Crippen molar-refractivity contribution in [2.45, 2.75) is 19.3 Å². The molecule has 1 aromatic heterocycles. The first-order chi connectivity index (χ1) is 18.3. The normalized spacial score (nSPS) is 13.9. The number of aliphatic imine (C=N–C) groups is 2. The first kappa shape index (κ1) is 28.5. The molecule has 12 heteroatoms. The van der Waals surface area contributed by atoms with Gasteiger partial charge >= 0.3 is 0 Å². The molecule has 0 bridgehead atoms. The minimum Gasteiger partial charge on any atom is -0.494 e. The monoisotopic (exact) mass is 540 g/mol. The largest absolute Gasteiger partial charge is 0.494 e. The molecule has 0 spiro atoms. The molecule has 1 fully saturated rings. The Kier molecular flexibility index (Phi) is 10.1. The summed E-state index contributed by atoms with van der Waals surface area (Å²) in [5, 5.41) is 16.7. The van der Waals surface area contributed by atoms with Crippen LogP contribution in [0.1, 0.15) is 40.9 Å². The van der Waals surface area contributed by atoms with Crippen molar-refractivity contribution in [1.82, 2.24) is 4.98 Å². The lowest BCUT2D eigenvalue weighted by molar-refractivity contribution is 0.100. The number of rotatable bonds is 8. The molecule has 0 unspecified atom stereocenters. The molecule has 0 saturated heterocycles. The van der Waals surface area contributed by atoms with E-state index in [9.17, 15) is 13.6 Å². The van der Waals surface area contributed by atoms with Crippen LogP contribution in [0.3, 0.4) is 0 Å². The average molecular weight is 541 g/mol. The number of pyridine rings is 1. The minimum absolute atomic E-state index is 0.0428. The van der Waals surface area contributed by atoms with Gasteiger partial charge in [-0.05, 0) is 59.8 Å². The highest BCUT2D eigenvalue weighted by atomic mass is 32.2. The van der Waals surface area contributed by atoms with Crippen LogP contribution >= 0.6 is 11.8 Å². The highest BCUT2D eigenvalue weighted by Gasteiger charge is 2.21. The standard InChI is InChI=1S/C26H26F2N6O3S/c1-37-22-14-33-21(24(27)28)11-20(22)19-10-16(17(12-29)13-32-8-9-35)5-6-18(19)25(36)34-26(31)38-23(30)7-4-15-2-3-15/h5-6,10-15,24,30,35H,2-3,8-9,29H2,1H3,(H2,31,34,36)/b17-12+,30-23?,32-13?. The van der Waals surface area contributed by atoms with Gasteiger partial charge in [0, 0.05) is 35.0 Å². The summed E-state index contributed by atoms with van der Waals surface area (Å²) in [6.45, 7) is 0.00111. The number of hydrogen-bond donors (Lipinski definition) is 4. The quantitative estimate of drug-likeness (QED) is 0.226. The summed E-state index contributed by atoms with van der Waals surface area (Å²) < 4.78 is 32.3. The van der Waals surface area contributed by atoms with Crippen LogP contribution in [0.5, 0.6) is 5.75 Å². The fourth-order valence-electron chi connectivity index (χ4n) is 3.23. The lowest BCUT2D eigenvalue weighted by Gasteiger charge is -2.15. The van der Waals surface area contributed by atoms with E-state index in [4.69, 9.17) is 26.7 Å². The Morgan fingerprint density at radius 3 is 2.76 bits per heavy atom. The van der Waals surface area contributed by atoms with E-state index >= 15 is 0 Å². The second kappa shape index (κ2) is 13.5. The summed E-state index contributed by atoms with van der Waals surface area (Å²) in [5.41, 5.74) is 12.6. The van der Waals surface area contributed by atoms with Gasteiger partial charge in [-0.3, -0.25) is 20.2 Å². The third kappa shape index (κ3) is 7.71. The third-order valence-electron chi connectivity index (χ3n) is 5.23. The highest BCUT2D eigenvalue weighted by molar-refractivity contribution is 8.26. The number of alkyl halides is 2. The summed E-state index contributed by atoms with van der Waals surface area (Å²) in [5.74, 6) is 5.31. The summed E-state index contributed by atoms with van der Waals surface area (Å²) in [6.07, 6.45) is 3.04. The zero-order valence-electron chi connectivity index (χ0n) is 20.4. The van der Waals surface area contributed by atoms with Gasteiger partial charge in [0.2, 0.25) is 0 Å². The van der Waals surface area contributed by atoms with Crippen LogP contribution in [0.4, 0.5) is 8.78 Å². The van der Waals surface area contributed by atoms with Crippen molar-refractivity contribution in [2.75, 3.05) is 20.3 Å². The summed E-state index contributed by atoms with van der Waals surface area (Å²) in [7, 11) is 1.35. The summed E-state index contributed by atoms with van der Waals surface area (Å²) >= 11 is 0.750. The van der Waals surface area contributed by atoms with E-state index in [-0.39, 0.29) is 45.8 Å². The molecule has 0 radical (unpaired) electrons. The molecular weight excluding hydrogens is 514 g/mol. The highest BCUT2D eigenvalue weighted by Crippen LogP contribution is 2.36. The number of carbonyl (C=O) groups is 1. The van der Waals surface area contributed by atoms with Gasteiger partial charge in [0.25, 0.3) is 12.3 Å². The molecule has 198 valence electrons. The van der Waals surface area contributed by atoms with Crippen LogP contribution in [0.2, 0.25) is 0 Å². The van der Waals surface area contributed by atoms with E-state index in [0.717, 1.165) is 36.9 Å². The number of nitrogens with one attached hydrogen (secondary N) is 1. The predicted molar refractivity (Wildman–Crippen MR) is 146 cm³/mol. The number of thioether (sulfide) groups is 1. The molecule has 6 N–H and O–H groups in total. The van der Waals surface area contributed by atoms with Crippen molar-refractivity contribution in [2.24, 2.45) is 27.4 Å². The number of nitrogens with two attached hydrogens (primary N) is 2. The van der Waals surface area contributed by atoms with Gasteiger partial charge in [-0.1, -0.05) is 12.0 Å². The fourth-order valence-corrected chi connectivity index (χ4v) is 3.68. The van der Waals surface area contributed by atoms with Crippen molar-refractivity contribution >= 4 is 39.7 Å². The molecule has 1 aromatic carbocycles. The lowest BCUT2D eigenvalue weighted by Crippen LogP contribution is -2.13. The van der Waals surface area contributed by atoms with Gasteiger partial charge in [0.1, 0.15) is 16.5 Å². The molecule has 38 heavy (non-hydrogen) atoms. The van der Waals surface area contributed by atoms with Crippen molar-refractivity contribution in [1.29, 1.82) is 5.41 Å². The zero-order valence-corrected chi connectivity index (χ0v) is 21.3. The zero-order chi connectivity index (χ0) is 27.7. The summed E-state index contributed by atoms with van der Waals surface area (Å²) in [4.78, 5) is 24.9. The number of allylic oxidation sites excluding steroid dienone is 1. The Bertz CT molecular complexity index is 1360. The number of amidine groups is 1. The lowest BCUT2D eigenvalue weighted by atomic mass is 9.94. The smallest absolute Gasteiger partial charge is 0.280 e. The molecule has 9 nitrogen and oxygen atoms in total. The Labute approximate surface area is 222 Å². The molecule has 0 aliphatic heterocycles. The van der Waals surface area contributed by atoms with Crippen LogP contribution < -0.4 is 16.2 Å². The molecule has 1 aliphatic rings.